The van der Waals surface area contributed by atoms with Crippen LogP contribution in [-0.2, 0) is 3.07 Å². The van der Waals surface area contributed by atoms with Crippen molar-refractivity contribution in [3.63, 3.8) is 0 Å². The van der Waals surface area contributed by atoms with Crippen molar-refractivity contribution in [1.29, 1.82) is 0 Å². The molecule has 0 bridgehead atoms. The fourth-order valence-corrected chi connectivity index (χ4v) is 3.81. The number of likely N-dealkylation sites (tertiary alicyclic amines) is 1. The maximum absolute atomic E-state index is 13.1. The van der Waals surface area contributed by atoms with E-state index in [-0.39, 0.29) is 11.7 Å². The van der Waals surface area contributed by atoms with E-state index in [0.29, 0.717) is 31.0 Å². The molecule has 172 valence electrons. The van der Waals surface area contributed by atoms with Crippen LogP contribution in [0.25, 0.3) is 0 Å². The van der Waals surface area contributed by atoms with Gasteiger partial charge >= 0.3 is 18.5 Å². The van der Waals surface area contributed by atoms with Gasteiger partial charge in [-0.15, -0.1) is 13.2 Å². The molecule has 1 unspecified atom stereocenters. The van der Waals surface area contributed by atoms with Crippen LogP contribution in [0.3, 0.4) is 0 Å². The lowest BCUT2D eigenvalue weighted by Crippen LogP contribution is -2.45. The minimum Gasteiger partial charge on any atom is -0.406 e. The maximum atomic E-state index is 13.1. The lowest BCUT2D eigenvalue weighted by atomic mass is 9.97. The van der Waals surface area contributed by atoms with Gasteiger partial charge in [0.1, 0.15) is 5.75 Å². The zero-order valence-corrected chi connectivity index (χ0v) is 19.0. The minimum atomic E-state index is -4.79. The normalized spacial score (nSPS) is 16.2. The molecule has 11 heteroatoms. The van der Waals surface area contributed by atoms with Crippen LogP contribution < -0.4 is 15.0 Å². The summed E-state index contributed by atoms with van der Waals surface area (Å²) in [5.74, 6) is -0.340. The van der Waals surface area contributed by atoms with Crippen LogP contribution in [-0.4, -0.2) is 43.0 Å². The molecule has 1 saturated heterocycles. The van der Waals surface area contributed by atoms with E-state index in [0.717, 1.165) is 25.0 Å². The summed E-state index contributed by atoms with van der Waals surface area (Å²) in [6.45, 7) is 1.42. The summed E-state index contributed by atoms with van der Waals surface area (Å²) in [5.41, 5.74) is 0.986. The number of alkyl halides is 3. The van der Waals surface area contributed by atoms with Crippen LogP contribution >= 0.6 is 23.0 Å². The third-order valence-electron chi connectivity index (χ3n) is 4.94. The van der Waals surface area contributed by atoms with Crippen LogP contribution in [0.1, 0.15) is 12.8 Å². The lowest BCUT2D eigenvalue weighted by Gasteiger charge is -2.34. The highest BCUT2D eigenvalue weighted by atomic mass is 127. The average Bonchev–Trinajstić information content (AvgIpc) is 2.78. The summed E-state index contributed by atoms with van der Waals surface area (Å²) in [6, 6.07) is 13.5. The van der Waals surface area contributed by atoms with Crippen LogP contribution in [0.4, 0.5) is 34.1 Å². The number of ether oxygens (including phenoxy) is 1. The topological polar surface area (TPSA) is 71.1 Å². The zero-order valence-electron chi connectivity index (χ0n) is 16.8. The van der Waals surface area contributed by atoms with Crippen LogP contribution in [0.2, 0.25) is 0 Å². The Bertz CT molecular complexity index is 913. The van der Waals surface area contributed by atoms with Gasteiger partial charge in [0.15, 0.2) is 23.0 Å². The highest BCUT2D eigenvalue weighted by Gasteiger charge is 2.31. The monoisotopic (exact) mass is 563 g/mol. The first-order valence-electron chi connectivity index (χ1n) is 9.82. The number of urea groups is 1. The molecule has 1 N–H and O–H groups in total. The van der Waals surface area contributed by atoms with E-state index in [4.69, 9.17) is 3.07 Å². The van der Waals surface area contributed by atoms with Gasteiger partial charge in [-0.2, -0.15) is 0 Å². The number of piperidine rings is 1. The molecule has 0 saturated carbocycles. The van der Waals surface area contributed by atoms with E-state index in [1.165, 1.54) is 12.1 Å². The van der Waals surface area contributed by atoms with Crippen LogP contribution in [0, 0.1) is 5.92 Å². The largest absolute Gasteiger partial charge is 0.573 e. The van der Waals surface area contributed by atoms with Crippen molar-refractivity contribution in [3.05, 3.63) is 54.6 Å². The Labute approximate surface area is 197 Å². The van der Waals surface area contributed by atoms with Crippen molar-refractivity contribution >= 4 is 46.5 Å². The smallest absolute Gasteiger partial charge is 0.406 e. The molecule has 7 nitrogen and oxygen atoms in total. The average molecular weight is 563 g/mol. The standard InChI is InChI=1S/C21H21F3IN3O4/c22-21(23,24)31-18-10-8-16(9-11-18)26-19(29)28(17-6-2-1-3-7-17)14-15-5-4-12-27(13-15)20(30)32-25/h1-3,6-11,15H,4-5,12-14H2,(H,26,29). The summed E-state index contributed by atoms with van der Waals surface area (Å²) >= 11 is 1.55. The first-order chi connectivity index (χ1) is 15.2. The number of nitrogens with one attached hydrogen (secondary N) is 1. The first kappa shape index (κ1) is 24.0. The number of para-hydroxylation sites is 1. The van der Waals surface area contributed by atoms with Gasteiger partial charge in [0.05, 0.1) is 0 Å². The van der Waals surface area contributed by atoms with Crippen molar-refractivity contribution in [2.45, 2.75) is 19.2 Å². The van der Waals surface area contributed by atoms with Crippen molar-refractivity contribution < 1.29 is 30.6 Å². The van der Waals surface area contributed by atoms with Gasteiger partial charge in [-0.05, 0) is 55.2 Å². The second kappa shape index (κ2) is 10.7. The van der Waals surface area contributed by atoms with Gasteiger partial charge in [-0.25, -0.2) is 9.59 Å². The Kier molecular flexibility index (Phi) is 8.04. The molecule has 0 aromatic heterocycles. The molecule has 32 heavy (non-hydrogen) atoms. The highest BCUT2D eigenvalue weighted by molar-refractivity contribution is 14.1. The Morgan fingerprint density at radius 3 is 2.44 bits per heavy atom. The van der Waals surface area contributed by atoms with E-state index >= 15 is 0 Å². The van der Waals surface area contributed by atoms with Crippen molar-refractivity contribution in [3.8, 4) is 5.75 Å². The molecule has 0 aliphatic carbocycles. The molecule has 0 spiro atoms. The number of nitrogens with zero attached hydrogens (tertiary/aromatic N) is 2. The number of rotatable bonds is 5. The summed E-state index contributed by atoms with van der Waals surface area (Å²) in [7, 11) is 0. The Hall–Kier alpha value is -2.70. The number of carbonyl (C=O) groups is 2. The van der Waals surface area contributed by atoms with E-state index in [2.05, 4.69) is 10.1 Å². The van der Waals surface area contributed by atoms with Gasteiger partial charge in [0, 0.05) is 31.0 Å². The molecule has 2 aromatic carbocycles. The van der Waals surface area contributed by atoms with Crippen molar-refractivity contribution in [2.75, 3.05) is 29.9 Å². The third kappa shape index (κ3) is 6.90. The molecule has 1 atom stereocenters. The summed E-state index contributed by atoms with van der Waals surface area (Å²) < 4.78 is 45.6. The van der Waals surface area contributed by atoms with Crippen LogP contribution in [0.5, 0.6) is 5.75 Å². The predicted octanol–water partition coefficient (Wildman–Crippen LogP) is 5.82. The second-order valence-electron chi connectivity index (χ2n) is 7.25. The van der Waals surface area contributed by atoms with Gasteiger partial charge in [-0.3, -0.25) is 4.90 Å². The van der Waals surface area contributed by atoms with Gasteiger partial charge in [-0.1, -0.05) is 18.2 Å². The maximum Gasteiger partial charge on any atom is 0.573 e. The predicted molar refractivity (Wildman–Crippen MR) is 121 cm³/mol. The SMILES string of the molecule is O=C(OI)N1CCCC(CN(C(=O)Nc2ccc(OC(F)(F)F)cc2)c2ccccc2)C1. The summed E-state index contributed by atoms with van der Waals surface area (Å²) in [4.78, 5) is 28.1. The number of hydrogen-bond acceptors (Lipinski definition) is 4. The molecule has 1 fully saturated rings. The summed E-state index contributed by atoms with van der Waals surface area (Å²) in [6.07, 6.45) is -3.56. The Morgan fingerprint density at radius 1 is 1.12 bits per heavy atom. The highest BCUT2D eigenvalue weighted by Crippen LogP contribution is 2.26. The first-order valence-corrected chi connectivity index (χ1v) is 10.7. The Balaban J connectivity index is 1.71. The molecule has 3 rings (SSSR count). The number of benzene rings is 2. The molecular formula is C21H21F3IN3O4. The number of anilines is 2. The number of amides is 3. The molecule has 3 amide bonds. The van der Waals surface area contributed by atoms with Crippen molar-refractivity contribution in [1.82, 2.24) is 4.90 Å². The number of hydrogen-bond donors (Lipinski definition) is 1. The number of carbonyl (C=O) groups excluding carboxylic acids is 2. The molecule has 2 aromatic rings. The minimum absolute atomic E-state index is 0.0350. The fraction of sp³-hybridized carbons (Fsp3) is 0.333. The van der Waals surface area contributed by atoms with Gasteiger partial charge in [0.25, 0.3) is 0 Å². The fourth-order valence-electron chi connectivity index (χ4n) is 3.53. The van der Waals surface area contributed by atoms with E-state index < -0.39 is 18.5 Å². The lowest BCUT2D eigenvalue weighted by molar-refractivity contribution is -0.274. The Morgan fingerprint density at radius 2 is 1.81 bits per heavy atom. The van der Waals surface area contributed by atoms with Crippen molar-refractivity contribution in [2.24, 2.45) is 5.92 Å². The molecular weight excluding hydrogens is 542 g/mol. The zero-order chi connectivity index (χ0) is 23.1. The molecule has 1 aliphatic rings. The van der Waals surface area contributed by atoms with E-state index in [9.17, 15) is 22.8 Å². The molecule has 1 heterocycles. The quantitative estimate of drug-likeness (QED) is 0.466. The number of halogens is 4. The van der Waals surface area contributed by atoms with Gasteiger partial charge < -0.3 is 18.0 Å². The summed E-state index contributed by atoms with van der Waals surface area (Å²) in [5, 5.41) is 2.71. The third-order valence-corrected chi connectivity index (χ3v) is 5.31. The van der Waals surface area contributed by atoms with E-state index in [1.807, 2.05) is 6.07 Å². The molecule has 1 aliphatic heterocycles. The second-order valence-corrected chi connectivity index (χ2v) is 7.69. The molecule has 0 radical (unpaired) electrons. The van der Waals surface area contributed by atoms with Gasteiger partial charge in [0.2, 0.25) is 0 Å². The van der Waals surface area contributed by atoms with E-state index in [1.54, 1.807) is 57.1 Å². The van der Waals surface area contributed by atoms with Crippen LogP contribution in [0.15, 0.2) is 54.6 Å².